The fraction of sp³-hybridized carbons (Fsp3) is 0.500. The maximum Gasteiger partial charge on any atom is 0.132 e. The number of benzene rings is 1. The van der Waals surface area contributed by atoms with E-state index in [9.17, 15) is 5.11 Å². The van der Waals surface area contributed by atoms with Gasteiger partial charge in [0.05, 0.1) is 0 Å². The van der Waals surface area contributed by atoms with Crippen molar-refractivity contribution in [3.05, 3.63) is 47.9 Å². The van der Waals surface area contributed by atoms with E-state index in [4.69, 9.17) is 0 Å². The molecule has 1 aliphatic heterocycles. The normalized spacial score (nSPS) is 22.1. The molecule has 132 valence electrons. The van der Waals surface area contributed by atoms with Gasteiger partial charge in [0, 0.05) is 43.4 Å². The molecule has 5 nitrogen and oxygen atoms in total. The van der Waals surface area contributed by atoms with Gasteiger partial charge in [0.1, 0.15) is 17.9 Å². The Morgan fingerprint density at radius 3 is 2.64 bits per heavy atom. The number of phenols is 1. The topological polar surface area (TPSA) is 61.3 Å². The van der Waals surface area contributed by atoms with E-state index in [1.807, 2.05) is 12.1 Å². The maximum absolute atomic E-state index is 9.49. The zero-order valence-corrected chi connectivity index (χ0v) is 14.6. The zero-order valence-electron chi connectivity index (χ0n) is 14.6. The first-order chi connectivity index (χ1) is 12.3. The predicted molar refractivity (Wildman–Crippen MR) is 98.9 cm³/mol. The van der Waals surface area contributed by atoms with E-state index >= 15 is 0 Å². The van der Waals surface area contributed by atoms with Crippen molar-refractivity contribution in [3.8, 4) is 5.75 Å². The van der Waals surface area contributed by atoms with Crippen molar-refractivity contribution in [1.82, 2.24) is 15.3 Å². The van der Waals surface area contributed by atoms with Crippen molar-refractivity contribution in [2.75, 3.05) is 24.5 Å². The highest BCUT2D eigenvalue weighted by atomic mass is 16.3. The monoisotopic (exact) mass is 338 g/mol. The standard InChI is InChI=1S/C20H26N4O/c25-17-8-6-16(7-9-17)19-13-24(11-10-21-19)20-12-18(22-14-23-20)15-4-2-1-3-5-15/h6-9,12,14-15,19,21,25H,1-5,10-11,13H2. The van der Waals surface area contributed by atoms with E-state index in [2.05, 4.69) is 26.3 Å². The minimum atomic E-state index is 0.252. The Morgan fingerprint density at radius 2 is 1.84 bits per heavy atom. The summed E-state index contributed by atoms with van der Waals surface area (Å²) in [7, 11) is 0. The van der Waals surface area contributed by atoms with Crippen LogP contribution < -0.4 is 10.2 Å². The third-order valence-electron chi connectivity index (χ3n) is 5.49. The molecule has 2 aliphatic rings. The Kier molecular flexibility index (Phi) is 4.83. The lowest BCUT2D eigenvalue weighted by Gasteiger charge is -2.35. The van der Waals surface area contributed by atoms with Gasteiger partial charge >= 0.3 is 0 Å². The van der Waals surface area contributed by atoms with Crippen LogP contribution in [-0.4, -0.2) is 34.7 Å². The molecule has 1 atom stereocenters. The van der Waals surface area contributed by atoms with Crippen molar-refractivity contribution in [3.63, 3.8) is 0 Å². The van der Waals surface area contributed by atoms with Crippen LogP contribution in [0.3, 0.4) is 0 Å². The van der Waals surface area contributed by atoms with E-state index in [0.717, 1.165) is 25.5 Å². The molecule has 25 heavy (non-hydrogen) atoms. The Hall–Kier alpha value is -2.14. The molecule has 2 aromatic rings. The van der Waals surface area contributed by atoms with Gasteiger partial charge in [-0.3, -0.25) is 0 Å². The van der Waals surface area contributed by atoms with Crippen LogP contribution in [0.4, 0.5) is 5.82 Å². The van der Waals surface area contributed by atoms with Crippen LogP contribution in [0.25, 0.3) is 0 Å². The van der Waals surface area contributed by atoms with Crippen LogP contribution in [0, 0.1) is 0 Å². The number of aromatic hydroxyl groups is 1. The number of hydrogen-bond donors (Lipinski definition) is 2. The summed E-state index contributed by atoms with van der Waals surface area (Å²) in [5, 5.41) is 13.1. The SMILES string of the molecule is Oc1ccc(C2CN(c3cc(C4CCCCC4)ncn3)CCN2)cc1. The second-order valence-electron chi connectivity index (χ2n) is 7.18. The van der Waals surface area contributed by atoms with Crippen LogP contribution in [-0.2, 0) is 0 Å². The molecule has 2 heterocycles. The van der Waals surface area contributed by atoms with Gasteiger partial charge in [0.2, 0.25) is 0 Å². The minimum Gasteiger partial charge on any atom is -0.508 e. The quantitative estimate of drug-likeness (QED) is 0.898. The van der Waals surface area contributed by atoms with Crippen molar-refractivity contribution in [1.29, 1.82) is 0 Å². The number of anilines is 1. The highest BCUT2D eigenvalue weighted by Crippen LogP contribution is 2.32. The summed E-state index contributed by atoms with van der Waals surface area (Å²) in [4.78, 5) is 11.5. The van der Waals surface area contributed by atoms with Crippen molar-refractivity contribution in [2.45, 2.75) is 44.1 Å². The lowest BCUT2D eigenvalue weighted by atomic mass is 9.87. The van der Waals surface area contributed by atoms with E-state index in [0.29, 0.717) is 11.7 Å². The molecule has 0 amide bonds. The first kappa shape index (κ1) is 16.3. The van der Waals surface area contributed by atoms with Gasteiger partial charge in [-0.15, -0.1) is 0 Å². The first-order valence-corrected chi connectivity index (χ1v) is 9.39. The lowest BCUT2D eigenvalue weighted by Crippen LogP contribution is -2.46. The predicted octanol–water partition coefficient (Wildman–Crippen LogP) is 3.38. The summed E-state index contributed by atoms with van der Waals surface area (Å²) in [6.45, 7) is 2.76. The number of aromatic nitrogens is 2. The number of nitrogens with zero attached hydrogens (tertiary/aromatic N) is 3. The second-order valence-corrected chi connectivity index (χ2v) is 7.18. The molecule has 1 aliphatic carbocycles. The molecule has 0 radical (unpaired) electrons. The van der Waals surface area contributed by atoms with Crippen molar-refractivity contribution in [2.24, 2.45) is 0 Å². The summed E-state index contributed by atoms with van der Waals surface area (Å²) >= 11 is 0. The molecule has 1 saturated heterocycles. The molecule has 5 heteroatoms. The summed E-state index contributed by atoms with van der Waals surface area (Å²) in [6, 6.07) is 9.94. The van der Waals surface area contributed by atoms with Crippen LogP contribution >= 0.6 is 0 Å². The van der Waals surface area contributed by atoms with Gasteiger partial charge < -0.3 is 15.3 Å². The molecule has 1 aromatic heterocycles. The molecule has 1 aromatic carbocycles. The van der Waals surface area contributed by atoms with E-state index in [1.165, 1.54) is 43.4 Å². The van der Waals surface area contributed by atoms with Crippen LogP contribution in [0.2, 0.25) is 0 Å². The van der Waals surface area contributed by atoms with E-state index in [1.54, 1.807) is 18.5 Å². The van der Waals surface area contributed by atoms with Crippen LogP contribution in [0.15, 0.2) is 36.7 Å². The van der Waals surface area contributed by atoms with Crippen LogP contribution in [0.5, 0.6) is 5.75 Å². The molecule has 2 fully saturated rings. The Bertz CT molecular complexity index is 697. The Labute approximate surface area is 149 Å². The molecule has 1 saturated carbocycles. The van der Waals surface area contributed by atoms with Gasteiger partial charge in [-0.2, -0.15) is 0 Å². The average Bonchev–Trinajstić information content (AvgIpc) is 2.69. The van der Waals surface area contributed by atoms with Gasteiger partial charge in [-0.05, 0) is 30.5 Å². The summed E-state index contributed by atoms with van der Waals surface area (Å²) in [6.07, 6.45) is 8.25. The van der Waals surface area contributed by atoms with Gasteiger partial charge in [0.15, 0.2) is 0 Å². The van der Waals surface area contributed by atoms with E-state index in [-0.39, 0.29) is 6.04 Å². The Balaban J connectivity index is 1.50. The zero-order chi connectivity index (χ0) is 17.1. The third kappa shape index (κ3) is 3.76. The van der Waals surface area contributed by atoms with Crippen LogP contribution in [0.1, 0.15) is 55.3 Å². The first-order valence-electron chi connectivity index (χ1n) is 9.39. The number of phenolic OH excluding ortho intramolecular Hbond substituents is 1. The second kappa shape index (κ2) is 7.40. The fourth-order valence-corrected chi connectivity index (χ4v) is 4.04. The summed E-state index contributed by atoms with van der Waals surface area (Å²) in [5.74, 6) is 1.96. The molecule has 2 N–H and O–H groups in total. The highest BCUT2D eigenvalue weighted by Gasteiger charge is 2.23. The number of piperazine rings is 1. The number of rotatable bonds is 3. The molecule has 0 spiro atoms. The molecular formula is C20H26N4O. The van der Waals surface area contributed by atoms with Crippen molar-refractivity contribution >= 4 is 5.82 Å². The summed E-state index contributed by atoms with van der Waals surface area (Å²) < 4.78 is 0. The molecule has 1 unspecified atom stereocenters. The van der Waals surface area contributed by atoms with E-state index < -0.39 is 0 Å². The fourth-order valence-electron chi connectivity index (χ4n) is 4.04. The molecular weight excluding hydrogens is 312 g/mol. The molecule has 4 rings (SSSR count). The number of nitrogens with one attached hydrogen (secondary N) is 1. The Morgan fingerprint density at radius 1 is 1.04 bits per heavy atom. The minimum absolute atomic E-state index is 0.252. The smallest absolute Gasteiger partial charge is 0.132 e. The summed E-state index contributed by atoms with van der Waals surface area (Å²) in [5.41, 5.74) is 2.41. The highest BCUT2D eigenvalue weighted by molar-refractivity contribution is 5.42. The van der Waals surface area contributed by atoms with Gasteiger partial charge in [0.25, 0.3) is 0 Å². The largest absolute Gasteiger partial charge is 0.508 e. The lowest BCUT2D eigenvalue weighted by molar-refractivity contribution is 0.435. The van der Waals surface area contributed by atoms with Gasteiger partial charge in [-0.25, -0.2) is 9.97 Å². The third-order valence-corrected chi connectivity index (χ3v) is 5.49. The average molecular weight is 338 g/mol. The van der Waals surface area contributed by atoms with Crippen molar-refractivity contribution < 1.29 is 5.11 Å². The maximum atomic E-state index is 9.49. The van der Waals surface area contributed by atoms with Gasteiger partial charge in [-0.1, -0.05) is 31.4 Å². The molecule has 0 bridgehead atoms. The number of hydrogen-bond acceptors (Lipinski definition) is 5.